The Balaban J connectivity index is 1.93. The molecule has 0 aromatic rings. The highest BCUT2D eigenvalue weighted by Gasteiger charge is 2.53. The fourth-order valence-electron chi connectivity index (χ4n) is 4.01. The Morgan fingerprint density at radius 3 is 2.67 bits per heavy atom. The average molecular weight is 288 g/mol. The number of fused-ring (bicyclic) bond motifs is 3. The molecule has 21 heavy (non-hydrogen) atoms. The van der Waals surface area contributed by atoms with Gasteiger partial charge in [0.15, 0.2) is 0 Å². The van der Waals surface area contributed by atoms with Crippen molar-refractivity contribution in [1.82, 2.24) is 0 Å². The number of carbonyl (C=O) groups is 2. The van der Waals surface area contributed by atoms with Crippen molar-refractivity contribution in [3.8, 4) is 0 Å². The van der Waals surface area contributed by atoms with E-state index in [4.69, 9.17) is 9.47 Å². The van der Waals surface area contributed by atoms with Gasteiger partial charge in [0.2, 0.25) is 0 Å². The molecular formula is C17H20O4. The molecule has 1 heterocycles. The number of carbonyl (C=O) groups excluding carboxylic acids is 2. The minimum atomic E-state index is -0.312. The van der Waals surface area contributed by atoms with E-state index in [9.17, 15) is 9.59 Å². The molecule has 112 valence electrons. The van der Waals surface area contributed by atoms with Crippen molar-refractivity contribution < 1.29 is 19.1 Å². The summed E-state index contributed by atoms with van der Waals surface area (Å²) in [6, 6.07) is 0. The fraction of sp³-hybridized carbons (Fsp3) is 0.529. The van der Waals surface area contributed by atoms with Gasteiger partial charge in [0.05, 0.1) is 0 Å². The quantitative estimate of drug-likeness (QED) is 0.423. The Morgan fingerprint density at radius 2 is 2.00 bits per heavy atom. The van der Waals surface area contributed by atoms with E-state index < -0.39 is 0 Å². The maximum Gasteiger partial charge on any atom is 0.334 e. The molecule has 0 aromatic heterocycles. The third-order valence-corrected chi connectivity index (χ3v) is 5.06. The number of esters is 2. The molecule has 0 spiro atoms. The molecule has 2 saturated carbocycles. The fourth-order valence-corrected chi connectivity index (χ4v) is 4.01. The van der Waals surface area contributed by atoms with E-state index in [0.717, 1.165) is 24.0 Å². The zero-order valence-electron chi connectivity index (χ0n) is 12.3. The van der Waals surface area contributed by atoms with Crippen LogP contribution in [-0.4, -0.2) is 24.1 Å². The standard InChI is InChI=1S/C17H20O4/c1-8-5-6-12-9(2)17(19)21-16(12)15-10(3)14(7-13(8)15)20-11(4)18/h12-16H,1-3,5-7H2,4H3/t12-,13+,14-,15-,16-/m0/s1. The number of hydrogen-bond donors (Lipinski definition) is 0. The van der Waals surface area contributed by atoms with Crippen LogP contribution >= 0.6 is 0 Å². The normalized spacial score (nSPS) is 38.6. The van der Waals surface area contributed by atoms with Gasteiger partial charge in [-0.05, 0) is 30.8 Å². The van der Waals surface area contributed by atoms with Crippen LogP contribution in [0.3, 0.4) is 0 Å². The van der Waals surface area contributed by atoms with Gasteiger partial charge in [-0.2, -0.15) is 0 Å². The lowest BCUT2D eigenvalue weighted by Crippen LogP contribution is -2.29. The van der Waals surface area contributed by atoms with Gasteiger partial charge < -0.3 is 9.47 Å². The van der Waals surface area contributed by atoms with Crippen LogP contribution < -0.4 is 0 Å². The molecule has 0 radical (unpaired) electrons. The van der Waals surface area contributed by atoms with Gasteiger partial charge in [0.25, 0.3) is 0 Å². The molecule has 2 aliphatic carbocycles. The summed E-state index contributed by atoms with van der Waals surface area (Å²) in [6.07, 6.45) is 1.84. The van der Waals surface area contributed by atoms with Crippen molar-refractivity contribution >= 4 is 11.9 Å². The van der Waals surface area contributed by atoms with E-state index in [-0.39, 0.29) is 41.9 Å². The highest BCUT2D eigenvalue weighted by molar-refractivity contribution is 5.91. The third-order valence-electron chi connectivity index (χ3n) is 5.06. The zero-order valence-corrected chi connectivity index (χ0v) is 12.3. The Kier molecular flexibility index (Phi) is 3.27. The second kappa shape index (κ2) is 4.86. The van der Waals surface area contributed by atoms with Crippen molar-refractivity contribution in [2.24, 2.45) is 17.8 Å². The zero-order chi connectivity index (χ0) is 15.3. The van der Waals surface area contributed by atoms with E-state index in [1.165, 1.54) is 6.92 Å². The predicted molar refractivity (Wildman–Crippen MR) is 77.2 cm³/mol. The molecule has 0 unspecified atom stereocenters. The maximum atomic E-state index is 11.8. The number of hydrogen-bond acceptors (Lipinski definition) is 4. The lowest BCUT2D eigenvalue weighted by atomic mass is 9.82. The van der Waals surface area contributed by atoms with Crippen LogP contribution in [0.4, 0.5) is 0 Å². The topological polar surface area (TPSA) is 52.6 Å². The summed E-state index contributed by atoms with van der Waals surface area (Å²) in [4.78, 5) is 23.1. The molecule has 0 N–H and O–H groups in total. The van der Waals surface area contributed by atoms with Crippen molar-refractivity contribution in [3.05, 3.63) is 36.5 Å². The first-order valence-electron chi connectivity index (χ1n) is 7.33. The van der Waals surface area contributed by atoms with Crippen LogP contribution in [0.2, 0.25) is 0 Å². The first kappa shape index (κ1) is 14.1. The highest BCUT2D eigenvalue weighted by Crippen LogP contribution is 2.52. The minimum Gasteiger partial charge on any atom is -0.458 e. The third kappa shape index (κ3) is 2.13. The van der Waals surface area contributed by atoms with E-state index in [1.54, 1.807) is 0 Å². The molecule has 4 heteroatoms. The van der Waals surface area contributed by atoms with Gasteiger partial charge in [0.1, 0.15) is 12.2 Å². The van der Waals surface area contributed by atoms with E-state index in [1.807, 2.05) is 0 Å². The van der Waals surface area contributed by atoms with Crippen LogP contribution in [0.1, 0.15) is 26.2 Å². The Bertz CT molecular complexity index is 559. The summed E-state index contributed by atoms with van der Waals surface area (Å²) < 4.78 is 10.9. The van der Waals surface area contributed by atoms with Crippen LogP contribution in [-0.2, 0) is 19.1 Å². The molecule has 0 bridgehead atoms. The van der Waals surface area contributed by atoms with Crippen LogP contribution in [0.5, 0.6) is 0 Å². The molecule has 0 amide bonds. The maximum absolute atomic E-state index is 11.8. The summed E-state index contributed by atoms with van der Waals surface area (Å²) in [7, 11) is 0. The van der Waals surface area contributed by atoms with Crippen LogP contribution in [0.15, 0.2) is 36.5 Å². The Morgan fingerprint density at radius 1 is 1.29 bits per heavy atom. The largest absolute Gasteiger partial charge is 0.458 e. The molecular weight excluding hydrogens is 268 g/mol. The first-order valence-corrected chi connectivity index (χ1v) is 7.33. The van der Waals surface area contributed by atoms with Gasteiger partial charge in [-0.15, -0.1) is 0 Å². The van der Waals surface area contributed by atoms with E-state index >= 15 is 0 Å². The predicted octanol–water partition coefficient (Wildman–Crippen LogP) is 2.56. The van der Waals surface area contributed by atoms with Gasteiger partial charge in [-0.25, -0.2) is 4.79 Å². The molecule has 1 aliphatic heterocycles. The van der Waals surface area contributed by atoms with E-state index in [2.05, 4.69) is 19.7 Å². The van der Waals surface area contributed by atoms with E-state index in [0.29, 0.717) is 12.0 Å². The van der Waals surface area contributed by atoms with Gasteiger partial charge >= 0.3 is 11.9 Å². The lowest BCUT2D eigenvalue weighted by molar-refractivity contribution is -0.145. The second-order valence-corrected chi connectivity index (χ2v) is 6.24. The number of ether oxygens (including phenoxy) is 2. The Hall–Kier alpha value is -1.84. The molecule has 5 atom stereocenters. The summed E-state index contributed by atoms with van der Waals surface area (Å²) >= 11 is 0. The first-order chi connectivity index (χ1) is 9.90. The summed E-state index contributed by atoms with van der Waals surface area (Å²) in [5.74, 6) is -0.447. The van der Waals surface area contributed by atoms with Crippen LogP contribution in [0, 0.1) is 17.8 Å². The van der Waals surface area contributed by atoms with Crippen molar-refractivity contribution in [1.29, 1.82) is 0 Å². The van der Waals surface area contributed by atoms with Crippen molar-refractivity contribution in [2.45, 2.75) is 38.4 Å². The van der Waals surface area contributed by atoms with Crippen molar-refractivity contribution in [2.75, 3.05) is 0 Å². The smallest absolute Gasteiger partial charge is 0.334 e. The molecule has 3 rings (SSSR count). The molecule has 3 aliphatic rings. The number of rotatable bonds is 1. The lowest BCUT2D eigenvalue weighted by Gasteiger charge is -2.26. The van der Waals surface area contributed by atoms with Gasteiger partial charge in [-0.1, -0.05) is 25.3 Å². The number of allylic oxidation sites excluding steroid dienone is 1. The van der Waals surface area contributed by atoms with Gasteiger partial charge in [0, 0.05) is 24.3 Å². The summed E-state index contributed by atoms with van der Waals surface area (Å²) in [5.41, 5.74) is 2.53. The average Bonchev–Trinajstić information content (AvgIpc) is 2.81. The summed E-state index contributed by atoms with van der Waals surface area (Å²) in [6.45, 7) is 13.6. The Labute approximate surface area is 124 Å². The monoisotopic (exact) mass is 288 g/mol. The minimum absolute atomic E-state index is 0.0162. The highest BCUT2D eigenvalue weighted by atomic mass is 16.6. The molecule has 1 saturated heterocycles. The second-order valence-electron chi connectivity index (χ2n) is 6.24. The van der Waals surface area contributed by atoms with Crippen LogP contribution in [0.25, 0.3) is 0 Å². The molecule has 4 nitrogen and oxygen atoms in total. The molecule has 0 aromatic carbocycles. The SMILES string of the molecule is C=C1[C@@H]2[C@H]3OC(=O)C(=C)[C@@H]3CCC(=C)[C@H]2C[C@@H]1OC(C)=O. The summed E-state index contributed by atoms with van der Waals surface area (Å²) in [5, 5.41) is 0. The van der Waals surface area contributed by atoms with Crippen molar-refractivity contribution in [3.63, 3.8) is 0 Å². The molecule has 3 fully saturated rings. The van der Waals surface area contributed by atoms with Gasteiger partial charge in [-0.3, -0.25) is 4.79 Å².